The molecule has 212 valence electrons. The predicted octanol–water partition coefficient (Wildman–Crippen LogP) is 5.62. The van der Waals surface area contributed by atoms with Crippen LogP contribution in [0.4, 0.5) is 5.69 Å². The molecule has 0 fully saturated rings. The minimum atomic E-state index is -0.297. The molecule has 0 radical (unpaired) electrons. The highest BCUT2D eigenvalue weighted by Gasteiger charge is 2.23. The Kier molecular flexibility index (Phi) is 11.3. The van der Waals surface area contributed by atoms with Crippen LogP contribution in [0, 0.1) is 0 Å². The molecule has 0 aromatic heterocycles. The van der Waals surface area contributed by atoms with Gasteiger partial charge in [0, 0.05) is 33.1 Å². The number of methoxy groups -OCH3 is 1. The van der Waals surface area contributed by atoms with Gasteiger partial charge in [-0.25, -0.2) is 0 Å². The molecule has 0 saturated heterocycles. The number of benzene rings is 2. The van der Waals surface area contributed by atoms with Gasteiger partial charge in [-0.3, -0.25) is 9.59 Å². The van der Waals surface area contributed by atoms with Crippen LogP contribution in [0.2, 0.25) is 0 Å². The van der Waals surface area contributed by atoms with Gasteiger partial charge < -0.3 is 24.4 Å². The van der Waals surface area contributed by atoms with Crippen molar-refractivity contribution in [3.05, 3.63) is 65.2 Å². The highest BCUT2D eigenvalue weighted by Crippen LogP contribution is 2.29. The molecule has 1 heterocycles. The molecule has 7 heteroatoms. The molecule has 1 aliphatic heterocycles. The van der Waals surface area contributed by atoms with Crippen LogP contribution in [-0.4, -0.2) is 56.5 Å². The molecule has 1 aliphatic rings. The number of nitrogens with one attached hydrogen (secondary N) is 1. The van der Waals surface area contributed by atoms with E-state index in [0.717, 1.165) is 35.2 Å². The van der Waals surface area contributed by atoms with Crippen molar-refractivity contribution in [2.45, 2.75) is 71.1 Å². The number of rotatable bonds is 14. The smallest absolute Gasteiger partial charge is 0.227 e. The average molecular weight is 537 g/mol. The summed E-state index contributed by atoms with van der Waals surface area (Å²) in [6, 6.07) is 15.9. The van der Waals surface area contributed by atoms with Gasteiger partial charge in [-0.05, 0) is 63.3 Å². The van der Waals surface area contributed by atoms with Gasteiger partial charge >= 0.3 is 0 Å². The molecule has 39 heavy (non-hydrogen) atoms. The van der Waals surface area contributed by atoms with Crippen molar-refractivity contribution in [2.24, 2.45) is 0 Å². The molecule has 0 bridgehead atoms. The zero-order chi connectivity index (χ0) is 28.3. The molecule has 0 atom stereocenters. The lowest BCUT2D eigenvalue weighted by Crippen LogP contribution is -2.34. The Hall–Kier alpha value is -3.00. The normalized spacial score (nSPS) is 14.1. The fraction of sp³-hybridized carbons (Fsp3) is 0.500. The highest BCUT2D eigenvalue weighted by molar-refractivity contribution is 5.98. The number of fused-ring (bicyclic) bond motifs is 2. The van der Waals surface area contributed by atoms with E-state index in [1.807, 2.05) is 76.2 Å². The molecule has 0 unspecified atom stereocenters. The van der Waals surface area contributed by atoms with E-state index in [4.69, 9.17) is 14.2 Å². The van der Waals surface area contributed by atoms with Crippen molar-refractivity contribution < 1.29 is 23.8 Å². The van der Waals surface area contributed by atoms with E-state index in [1.54, 1.807) is 12.0 Å². The van der Waals surface area contributed by atoms with Crippen LogP contribution in [-0.2, 0) is 30.3 Å². The van der Waals surface area contributed by atoms with Crippen LogP contribution in [0.1, 0.15) is 70.1 Å². The first kappa shape index (κ1) is 30.5. The number of para-hydroxylation sites is 1. The number of nitrogens with zero attached hydrogens (tertiary/aromatic N) is 1. The number of anilines is 1. The summed E-state index contributed by atoms with van der Waals surface area (Å²) in [5.74, 6) is -0.230. The van der Waals surface area contributed by atoms with Crippen LogP contribution < -0.4 is 10.2 Å². The first-order chi connectivity index (χ1) is 18.6. The van der Waals surface area contributed by atoms with E-state index in [0.29, 0.717) is 32.9 Å². The van der Waals surface area contributed by atoms with Crippen LogP contribution in [0.3, 0.4) is 0 Å². The predicted molar refractivity (Wildman–Crippen MR) is 156 cm³/mol. The van der Waals surface area contributed by atoms with Crippen molar-refractivity contribution in [2.75, 3.05) is 38.4 Å². The zero-order valence-corrected chi connectivity index (χ0v) is 24.1. The molecular weight excluding hydrogens is 492 g/mol. The number of ether oxygens (including phenoxy) is 3. The summed E-state index contributed by atoms with van der Waals surface area (Å²) in [6.45, 7) is 10.6. The Balaban J connectivity index is 1.39. The molecule has 3 rings (SSSR count). The Labute approximate surface area is 233 Å². The summed E-state index contributed by atoms with van der Waals surface area (Å²) in [4.78, 5) is 27.5. The van der Waals surface area contributed by atoms with Crippen molar-refractivity contribution >= 4 is 29.7 Å². The molecule has 2 aromatic carbocycles. The van der Waals surface area contributed by atoms with Gasteiger partial charge in [-0.15, -0.1) is 0 Å². The number of carbonyl (C=O) groups excluding carboxylic acids is 2. The molecule has 0 saturated carbocycles. The third kappa shape index (κ3) is 9.92. The number of carbonyl (C=O) groups is 2. The number of hydrogen-bond donors (Lipinski definition) is 1. The summed E-state index contributed by atoms with van der Waals surface area (Å²) in [5.41, 5.74) is 3.51. The Morgan fingerprint density at radius 2 is 1.51 bits per heavy atom. The standard InChI is InChI=1S/C32H44N2O5/c1-31(2,37-5)19-22-39-32(3,4)18-21-38-23-20-33-29(35)16-17-30(36)34-24-27-12-7-6-10-25(27)14-15-26-11-8-9-13-28(26)34/h6-15H,16-24H2,1-5H3,(H,33,35)/b15-14-. The summed E-state index contributed by atoms with van der Waals surface area (Å²) >= 11 is 0. The lowest BCUT2D eigenvalue weighted by molar-refractivity contribution is -0.125. The summed E-state index contributed by atoms with van der Waals surface area (Å²) in [7, 11) is 1.71. The summed E-state index contributed by atoms with van der Waals surface area (Å²) in [5, 5.41) is 2.86. The maximum absolute atomic E-state index is 13.3. The molecule has 7 nitrogen and oxygen atoms in total. The topological polar surface area (TPSA) is 77.1 Å². The summed E-state index contributed by atoms with van der Waals surface area (Å²) in [6.07, 6.45) is 5.96. The first-order valence-corrected chi connectivity index (χ1v) is 13.8. The minimum absolute atomic E-state index is 0.0740. The third-order valence-electron chi connectivity index (χ3n) is 7.09. The largest absolute Gasteiger partial charge is 0.380 e. The van der Waals surface area contributed by atoms with Crippen LogP contribution in [0.5, 0.6) is 0 Å². The van der Waals surface area contributed by atoms with Gasteiger partial charge in [-0.2, -0.15) is 0 Å². The quantitative estimate of drug-likeness (QED) is 0.317. The fourth-order valence-corrected chi connectivity index (χ4v) is 4.25. The van der Waals surface area contributed by atoms with Crippen molar-refractivity contribution in [3.63, 3.8) is 0 Å². The second-order valence-corrected chi connectivity index (χ2v) is 11.1. The average Bonchev–Trinajstić information content (AvgIpc) is 2.90. The number of amides is 2. The third-order valence-corrected chi connectivity index (χ3v) is 7.09. The SMILES string of the molecule is COC(C)(C)CCOC(C)(C)CCOCCNC(=O)CCC(=O)N1Cc2ccccc2/C=C\c2ccccc21. The second-order valence-electron chi connectivity index (χ2n) is 11.1. The van der Waals surface area contributed by atoms with Gasteiger partial charge in [0.15, 0.2) is 0 Å². The van der Waals surface area contributed by atoms with E-state index in [1.165, 1.54) is 0 Å². The van der Waals surface area contributed by atoms with Gasteiger partial charge in [-0.1, -0.05) is 54.6 Å². The second kappa shape index (κ2) is 14.4. The van der Waals surface area contributed by atoms with E-state index in [2.05, 4.69) is 17.5 Å². The van der Waals surface area contributed by atoms with Crippen LogP contribution >= 0.6 is 0 Å². The maximum atomic E-state index is 13.3. The first-order valence-electron chi connectivity index (χ1n) is 13.8. The molecule has 2 amide bonds. The van der Waals surface area contributed by atoms with E-state index >= 15 is 0 Å². The lowest BCUT2D eigenvalue weighted by Gasteiger charge is -2.28. The Morgan fingerprint density at radius 1 is 0.846 bits per heavy atom. The lowest BCUT2D eigenvalue weighted by atomic mass is 10.0. The molecule has 0 spiro atoms. The monoisotopic (exact) mass is 536 g/mol. The van der Waals surface area contributed by atoms with Crippen LogP contribution in [0.25, 0.3) is 12.2 Å². The van der Waals surface area contributed by atoms with E-state index in [9.17, 15) is 9.59 Å². The highest BCUT2D eigenvalue weighted by atomic mass is 16.5. The fourth-order valence-electron chi connectivity index (χ4n) is 4.25. The van der Waals surface area contributed by atoms with Gasteiger partial charge in [0.2, 0.25) is 11.8 Å². The molecular formula is C32H44N2O5. The van der Waals surface area contributed by atoms with Crippen molar-refractivity contribution in [3.8, 4) is 0 Å². The summed E-state index contributed by atoms with van der Waals surface area (Å²) < 4.78 is 17.1. The Bertz CT molecular complexity index is 1130. The van der Waals surface area contributed by atoms with Crippen LogP contribution in [0.15, 0.2) is 48.5 Å². The van der Waals surface area contributed by atoms with Gasteiger partial charge in [0.25, 0.3) is 0 Å². The molecule has 0 aliphatic carbocycles. The van der Waals surface area contributed by atoms with Gasteiger partial charge in [0.1, 0.15) is 0 Å². The molecule has 1 N–H and O–H groups in total. The van der Waals surface area contributed by atoms with Crippen molar-refractivity contribution in [1.29, 1.82) is 0 Å². The number of hydrogen-bond acceptors (Lipinski definition) is 5. The van der Waals surface area contributed by atoms with Gasteiger partial charge in [0.05, 0.1) is 36.6 Å². The zero-order valence-electron chi connectivity index (χ0n) is 24.1. The minimum Gasteiger partial charge on any atom is -0.380 e. The Morgan fingerprint density at radius 3 is 2.28 bits per heavy atom. The molecule has 2 aromatic rings. The van der Waals surface area contributed by atoms with E-state index in [-0.39, 0.29) is 35.9 Å². The van der Waals surface area contributed by atoms with Crippen molar-refractivity contribution in [1.82, 2.24) is 5.32 Å². The maximum Gasteiger partial charge on any atom is 0.227 e. The van der Waals surface area contributed by atoms with E-state index < -0.39 is 0 Å².